The number of thioether (sulfide) groups is 1. The number of hydrogen-bond donors (Lipinski definition) is 0. The van der Waals surface area contributed by atoms with E-state index in [1.54, 1.807) is 0 Å². The van der Waals surface area contributed by atoms with Crippen LogP contribution in [0.2, 0.25) is 0 Å². The highest BCUT2D eigenvalue weighted by Crippen LogP contribution is 2.46. The van der Waals surface area contributed by atoms with Crippen LogP contribution in [-0.2, 0) is 0 Å². The second kappa shape index (κ2) is 4.23. The van der Waals surface area contributed by atoms with E-state index >= 15 is 0 Å². The molecule has 17 heavy (non-hydrogen) atoms. The van der Waals surface area contributed by atoms with E-state index in [0.717, 1.165) is 0 Å². The molecule has 0 aromatic heterocycles. The summed E-state index contributed by atoms with van der Waals surface area (Å²) in [4.78, 5) is 1.42. The molecule has 1 heteroatoms. The fraction of sp³-hybridized carbons (Fsp3) is 0.250. The number of benzene rings is 1. The van der Waals surface area contributed by atoms with Gasteiger partial charge in [-0.05, 0) is 28.7 Å². The van der Waals surface area contributed by atoms with Gasteiger partial charge in [0.15, 0.2) is 0 Å². The highest BCUT2D eigenvalue weighted by molar-refractivity contribution is 8.01. The fourth-order valence-corrected chi connectivity index (χ4v) is 3.55. The summed E-state index contributed by atoms with van der Waals surface area (Å²) in [6.45, 7) is 4.51. The van der Waals surface area contributed by atoms with Crippen LogP contribution in [0, 0.1) is 5.92 Å². The molecule has 1 aromatic carbocycles. The Labute approximate surface area is 107 Å². The summed E-state index contributed by atoms with van der Waals surface area (Å²) in [5.74, 6) is 0.587. The van der Waals surface area contributed by atoms with Crippen LogP contribution < -0.4 is 0 Å². The average Bonchev–Trinajstić information content (AvgIpc) is 2.53. The van der Waals surface area contributed by atoms with Gasteiger partial charge in [0, 0.05) is 4.90 Å². The standard InChI is InChI=1S/C16H16S/c1-11(2)12-6-5-9-16-14(10-12)13-7-3-4-8-15(13)17-16/h3-11,16H,1-2H3. The van der Waals surface area contributed by atoms with Crippen molar-refractivity contribution < 1.29 is 0 Å². The summed E-state index contributed by atoms with van der Waals surface area (Å²) in [7, 11) is 0. The van der Waals surface area contributed by atoms with Crippen LogP contribution in [0.25, 0.3) is 5.57 Å². The smallest absolute Gasteiger partial charge is 0.0534 e. The lowest BCUT2D eigenvalue weighted by Crippen LogP contribution is -1.96. The zero-order valence-electron chi connectivity index (χ0n) is 10.2. The third kappa shape index (κ3) is 1.89. The van der Waals surface area contributed by atoms with E-state index in [2.05, 4.69) is 62.4 Å². The molecule has 0 amide bonds. The van der Waals surface area contributed by atoms with Crippen LogP contribution in [0.4, 0.5) is 0 Å². The van der Waals surface area contributed by atoms with Crippen molar-refractivity contribution in [3.8, 4) is 0 Å². The van der Waals surface area contributed by atoms with Crippen molar-refractivity contribution in [2.24, 2.45) is 5.92 Å². The first kappa shape index (κ1) is 10.9. The van der Waals surface area contributed by atoms with Crippen molar-refractivity contribution in [1.29, 1.82) is 0 Å². The van der Waals surface area contributed by atoms with Gasteiger partial charge in [-0.1, -0.05) is 56.4 Å². The van der Waals surface area contributed by atoms with Gasteiger partial charge in [0.05, 0.1) is 5.25 Å². The molecular weight excluding hydrogens is 224 g/mol. The van der Waals surface area contributed by atoms with Crippen molar-refractivity contribution in [3.05, 3.63) is 59.7 Å². The Morgan fingerprint density at radius 2 is 2.00 bits per heavy atom. The van der Waals surface area contributed by atoms with E-state index in [-0.39, 0.29) is 0 Å². The maximum absolute atomic E-state index is 2.38. The molecule has 0 bridgehead atoms. The van der Waals surface area contributed by atoms with Gasteiger partial charge in [-0.25, -0.2) is 0 Å². The maximum atomic E-state index is 2.38. The first-order chi connectivity index (χ1) is 8.25. The Morgan fingerprint density at radius 3 is 2.82 bits per heavy atom. The summed E-state index contributed by atoms with van der Waals surface area (Å²) in [5.41, 5.74) is 4.32. The number of allylic oxidation sites excluding steroid dienone is 4. The molecule has 1 aliphatic carbocycles. The molecule has 3 rings (SSSR count). The molecular formula is C16H16S. The van der Waals surface area contributed by atoms with Crippen LogP contribution >= 0.6 is 11.8 Å². The number of fused-ring (bicyclic) bond motifs is 3. The molecule has 0 saturated carbocycles. The third-order valence-corrected chi connectivity index (χ3v) is 4.60. The Kier molecular flexibility index (Phi) is 2.71. The fourth-order valence-electron chi connectivity index (χ4n) is 2.32. The first-order valence-corrected chi connectivity index (χ1v) is 6.99. The molecule has 0 radical (unpaired) electrons. The zero-order chi connectivity index (χ0) is 11.8. The van der Waals surface area contributed by atoms with Gasteiger partial charge in [0.1, 0.15) is 0 Å². The van der Waals surface area contributed by atoms with Gasteiger partial charge in [0.25, 0.3) is 0 Å². The number of rotatable bonds is 1. The molecule has 0 saturated heterocycles. The molecule has 0 nitrogen and oxygen atoms in total. The molecule has 0 spiro atoms. The summed E-state index contributed by atoms with van der Waals surface area (Å²) >= 11 is 1.96. The summed E-state index contributed by atoms with van der Waals surface area (Å²) in [6, 6.07) is 8.73. The maximum Gasteiger partial charge on any atom is 0.0534 e. The van der Waals surface area contributed by atoms with Crippen LogP contribution in [-0.4, -0.2) is 5.25 Å². The minimum atomic E-state index is 0.500. The van der Waals surface area contributed by atoms with Crippen LogP contribution in [0.15, 0.2) is 59.0 Å². The van der Waals surface area contributed by atoms with Crippen molar-refractivity contribution in [2.75, 3.05) is 0 Å². The summed E-state index contributed by atoms with van der Waals surface area (Å²) in [6.07, 6.45) is 9.15. The van der Waals surface area contributed by atoms with Crippen molar-refractivity contribution in [2.45, 2.75) is 24.0 Å². The minimum absolute atomic E-state index is 0.500. The number of hydrogen-bond acceptors (Lipinski definition) is 1. The van der Waals surface area contributed by atoms with Gasteiger partial charge >= 0.3 is 0 Å². The lowest BCUT2D eigenvalue weighted by Gasteiger charge is -2.08. The second-order valence-corrected chi connectivity index (χ2v) is 6.02. The van der Waals surface area contributed by atoms with E-state index < -0.39 is 0 Å². The molecule has 0 N–H and O–H groups in total. The molecule has 86 valence electrons. The highest BCUT2D eigenvalue weighted by Gasteiger charge is 2.26. The van der Waals surface area contributed by atoms with Crippen molar-refractivity contribution in [3.63, 3.8) is 0 Å². The Morgan fingerprint density at radius 1 is 1.18 bits per heavy atom. The van der Waals surface area contributed by atoms with Gasteiger partial charge in [-0.3, -0.25) is 0 Å². The Hall–Kier alpha value is -1.21. The van der Waals surface area contributed by atoms with Crippen LogP contribution in [0.5, 0.6) is 0 Å². The predicted octanol–water partition coefficient (Wildman–Crippen LogP) is 4.70. The Balaban J connectivity index is 2.11. The van der Waals surface area contributed by atoms with E-state index in [1.165, 1.54) is 21.6 Å². The minimum Gasteiger partial charge on any atom is -0.113 e. The van der Waals surface area contributed by atoms with Gasteiger partial charge in [-0.2, -0.15) is 0 Å². The molecule has 1 aliphatic heterocycles. The van der Waals surface area contributed by atoms with E-state index in [9.17, 15) is 0 Å². The van der Waals surface area contributed by atoms with Crippen LogP contribution in [0.3, 0.4) is 0 Å². The quantitative estimate of drug-likeness (QED) is 0.686. The topological polar surface area (TPSA) is 0 Å². The average molecular weight is 240 g/mol. The molecule has 1 heterocycles. The van der Waals surface area contributed by atoms with E-state index in [0.29, 0.717) is 11.2 Å². The van der Waals surface area contributed by atoms with Crippen LogP contribution in [0.1, 0.15) is 19.4 Å². The summed E-state index contributed by atoms with van der Waals surface area (Å²) < 4.78 is 0. The zero-order valence-corrected chi connectivity index (χ0v) is 11.0. The molecule has 0 fully saturated rings. The molecule has 1 aromatic rings. The largest absolute Gasteiger partial charge is 0.113 e. The predicted molar refractivity (Wildman–Crippen MR) is 76.1 cm³/mol. The SMILES string of the molecule is CC(C)C1=CC=CC2Sc3ccccc3C2=C1. The molecule has 2 aliphatic rings. The molecule has 1 unspecified atom stereocenters. The first-order valence-electron chi connectivity index (χ1n) is 6.12. The summed E-state index contributed by atoms with van der Waals surface area (Å²) in [5, 5.41) is 0.500. The van der Waals surface area contributed by atoms with E-state index in [1.807, 2.05) is 11.8 Å². The van der Waals surface area contributed by atoms with Crippen molar-refractivity contribution in [1.82, 2.24) is 0 Å². The normalized spacial score (nSPS) is 21.7. The Bertz CT molecular complexity index is 532. The third-order valence-electron chi connectivity index (χ3n) is 3.32. The van der Waals surface area contributed by atoms with Crippen molar-refractivity contribution >= 4 is 17.3 Å². The molecule has 1 atom stereocenters. The van der Waals surface area contributed by atoms with Gasteiger partial charge in [-0.15, -0.1) is 11.8 Å². The second-order valence-electron chi connectivity index (χ2n) is 4.84. The lowest BCUT2D eigenvalue weighted by atomic mass is 9.97. The lowest BCUT2D eigenvalue weighted by molar-refractivity contribution is 0.792. The van der Waals surface area contributed by atoms with E-state index in [4.69, 9.17) is 0 Å². The van der Waals surface area contributed by atoms with Gasteiger partial charge < -0.3 is 0 Å². The highest BCUT2D eigenvalue weighted by atomic mass is 32.2. The monoisotopic (exact) mass is 240 g/mol. The van der Waals surface area contributed by atoms with Gasteiger partial charge in [0.2, 0.25) is 0 Å².